The van der Waals surface area contributed by atoms with E-state index in [4.69, 9.17) is 17.3 Å². The van der Waals surface area contributed by atoms with E-state index in [0.717, 1.165) is 12.1 Å². The summed E-state index contributed by atoms with van der Waals surface area (Å²) in [5.41, 5.74) is 4.43. The number of carbonyl (C=O) groups is 1. The molecule has 2 nitrogen and oxygen atoms in total. The van der Waals surface area contributed by atoms with Crippen molar-refractivity contribution in [1.29, 1.82) is 0 Å². The molecule has 87 valence electrons. The molecule has 16 heavy (non-hydrogen) atoms. The van der Waals surface area contributed by atoms with E-state index in [1.54, 1.807) is 0 Å². The van der Waals surface area contributed by atoms with E-state index in [-0.39, 0.29) is 11.4 Å². The Morgan fingerprint density at radius 1 is 1.44 bits per heavy atom. The van der Waals surface area contributed by atoms with Gasteiger partial charge in [-0.2, -0.15) is 13.2 Å². The molecule has 1 rings (SSSR count). The van der Waals surface area contributed by atoms with Gasteiger partial charge in [0.1, 0.15) is 0 Å². The first kappa shape index (κ1) is 12.8. The van der Waals surface area contributed by atoms with Crippen LogP contribution in [-0.2, 0) is 11.0 Å². The molecule has 0 fully saturated rings. The van der Waals surface area contributed by atoms with Crippen LogP contribution in [0.25, 0.3) is 0 Å². The van der Waals surface area contributed by atoms with Crippen molar-refractivity contribution in [2.24, 2.45) is 5.73 Å². The molecule has 0 aliphatic heterocycles. The predicted octanol–water partition coefficient (Wildman–Crippen LogP) is 2.79. The third kappa shape index (κ3) is 3.41. The second-order valence-corrected chi connectivity index (χ2v) is 3.52. The molecule has 1 aromatic rings. The van der Waals surface area contributed by atoms with Gasteiger partial charge in [0.05, 0.1) is 5.56 Å². The van der Waals surface area contributed by atoms with Gasteiger partial charge >= 0.3 is 6.18 Å². The average molecular weight is 251 g/mol. The van der Waals surface area contributed by atoms with Gasteiger partial charge in [-0.05, 0) is 17.7 Å². The zero-order chi connectivity index (χ0) is 12.3. The van der Waals surface area contributed by atoms with Gasteiger partial charge in [0.2, 0.25) is 5.91 Å². The summed E-state index contributed by atoms with van der Waals surface area (Å²) in [4.78, 5) is 10.5. The quantitative estimate of drug-likeness (QED) is 0.881. The van der Waals surface area contributed by atoms with Crippen LogP contribution in [0.15, 0.2) is 18.2 Å². The van der Waals surface area contributed by atoms with E-state index in [0.29, 0.717) is 5.56 Å². The number of carbonyl (C=O) groups excluding carboxylic acids is 1. The van der Waals surface area contributed by atoms with Crippen LogP contribution in [0.4, 0.5) is 13.2 Å². The van der Waals surface area contributed by atoms with Crippen LogP contribution >= 0.6 is 11.6 Å². The number of alkyl halides is 3. The van der Waals surface area contributed by atoms with E-state index < -0.39 is 17.6 Å². The Balaban J connectivity index is 2.88. The number of nitrogens with two attached hydrogens (primary N) is 1. The van der Waals surface area contributed by atoms with Crippen LogP contribution in [0.2, 0.25) is 5.02 Å². The van der Waals surface area contributed by atoms with Crippen molar-refractivity contribution in [2.45, 2.75) is 12.6 Å². The molecule has 1 amide bonds. The van der Waals surface area contributed by atoms with Gasteiger partial charge in [0.15, 0.2) is 0 Å². The molecule has 0 atom stereocenters. The Kier molecular flexibility index (Phi) is 3.80. The molecule has 6 heteroatoms. The highest BCUT2D eigenvalue weighted by molar-refractivity contribution is 6.31. The van der Waals surface area contributed by atoms with Gasteiger partial charge < -0.3 is 5.73 Å². The fourth-order valence-electron chi connectivity index (χ4n) is 1.08. The Bertz CT molecular complexity index is 404. The van der Waals surface area contributed by atoms with Crippen molar-refractivity contribution in [3.63, 3.8) is 0 Å². The molecule has 0 heterocycles. The van der Waals surface area contributed by atoms with Gasteiger partial charge in [-0.1, -0.05) is 17.7 Å². The van der Waals surface area contributed by atoms with Gasteiger partial charge in [-0.3, -0.25) is 4.79 Å². The first-order valence-electron chi connectivity index (χ1n) is 4.29. The van der Waals surface area contributed by atoms with Crippen molar-refractivity contribution in [2.75, 3.05) is 0 Å². The van der Waals surface area contributed by atoms with Crippen molar-refractivity contribution >= 4 is 17.5 Å². The monoisotopic (exact) mass is 250 g/mol. The van der Waals surface area contributed by atoms with Crippen molar-refractivity contribution < 1.29 is 18.0 Å². The van der Waals surface area contributed by atoms with Crippen LogP contribution in [-0.4, -0.2) is 5.91 Å². The second kappa shape index (κ2) is 4.74. The lowest BCUT2D eigenvalue weighted by atomic mass is 10.1. The second-order valence-electron chi connectivity index (χ2n) is 3.11. The van der Waals surface area contributed by atoms with E-state index in [1.807, 2.05) is 0 Å². The summed E-state index contributed by atoms with van der Waals surface area (Å²) < 4.78 is 36.8. The lowest BCUT2D eigenvalue weighted by Gasteiger charge is -2.09. The Morgan fingerprint density at radius 3 is 2.50 bits per heavy atom. The minimum absolute atomic E-state index is 0.0592. The van der Waals surface area contributed by atoms with E-state index in [9.17, 15) is 18.0 Å². The highest BCUT2D eigenvalue weighted by atomic mass is 35.5. The summed E-state index contributed by atoms with van der Waals surface area (Å²) in [6.07, 6.45) is -3.11. The smallest absolute Gasteiger partial charge is 0.370 e. The Morgan fingerprint density at radius 2 is 2.06 bits per heavy atom. The molecule has 1 radical (unpaired) electrons. The highest BCUT2D eigenvalue weighted by Gasteiger charge is 2.30. The van der Waals surface area contributed by atoms with E-state index in [2.05, 4.69) is 0 Å². The summed E-state index contributed by atoms with van der Waals surface area (Å²) in [5.74, 6) is -0.573. The van der Waals surface area contributed by atoms with Crippen molar-refractivity contribution in [3.8, 4) is 0 Å². The number of hydrogen-bond acceptors (Lipinski definition) is 1. The van der Waals surface area contributed by atoms with Gasteiger partial charge in [0, 0.05) is 17.9 Å². The number of rotatable bonds is 3. The fraction of sp³-hybridized carbons (Fsp3) is 0.200. The molecule has 0 saturated heterocycles. The third-order valence-corrected chi connectivity index (χ3v) is 2.18. The topological polar surface area (TPSA) is 43.1 Å². The normalized spacial score (nSPS) is 11.5. The number of amides is 1. The summed E-state index contributed by atoms with van der Waals surface area (Å²) >= 11 is 5.64. The molecule has 0 bridgehead atoms. The van der Waals surface area contributed by atoms with E-state index >= 15 is 0 Å². The Labute approximate surface area is 95.2 Å². The molecule has 0 aliphatic carbocycles. The molecule has 2 N–H and O–H groups in total. The van der Waals surface area contributed by atoms with Gasteiger partial charge in [-0.15, -0.1) is 0 Å². The summed E-state index contributed by atoms with van der Waals surface area (Å²) in [6.45, 7) is 0. The van der Waals surface area contributed by atoms with E-state index in [1.165, 1.54) is 12.5 Å². The maximum atomic E-state index is 12.3. The third-order valence-electron chi connectivity index (χ3n) is 1.85. The largest absolute Gasteiger partial charge is 0.416 e. The van der Waals surface area contributed by atoms with Crippen molar-refractivity contribution in [1.82, 2.24) is 0 Å². The average Bonchev–Trinajstić information content (AvgIpc) is 2.14. The molecular formula is C10H8ClF3NO. The molecule has 0 aromatic heterocycles. The molecule has 0 aliphatic rings. The first-order chi connectivity index (χ1) is 7.30. The number of benzene rings is 1. The van der Waals surface area contributed by atoms with Crippen LogP contribution in [0.3, 0.4) is 0 Å². The van der Waals surface area contributed by atoms with Crippen LogP contribution < -0.4 is 5.73 Å². The maximum Gasteiger partial charge on any atom is 0.416 e. The zero-order valence-corrected chi connectivity index (χ0v) is 8.77. The minimum atomic E-state index is -4.42. The summed E-state index contributed by atoms with van der Waals surface area (Å²) in [5, 5.41) is -0.0592. The molecular weight excluding hydrogens is 243 g/mol. The maximum absolute atomic E-state index is 12.3. The number of primary amides is 1. The standard InChI is InChI=1S/C10H8ClF3NO/c11-8-5-7(10(12,13)14)3-1-6(8)2-4-9(15)16/h1-3,5H,4H2,(H2,15,16). The van der Waals surface area contributed by atoms with Crippen molar-refractivity contribution in [3.05, 3.63) is 40.8 Å². The summed E-state index contributed by atoms with van der Waals surface area (Å²) in [7, 11) is 0. The van der Waals surface area contributed by atoms with Crippen LogP contribution in [0.5, 0.6) is 0 Å². The molecule has 0 unspecified atom stereocenters. The number of halogens is 4. The minimum Gasteiger partial charge on any atom is -0.370 e. The van der Waals surface area contributed by atoms with Crippen LogP contribution in [0, 0.1) is 6.42 Å². The van der Waals surface area contributed by atoms with Gasteiger partial charge in [-0.25, -0.2) is 0 Å². The lowest BCUT2D eigenvalue weighted by molar-refractivity contribution is -0.137. The molecule has 0 saturated carbocycles. The first-order valence-corrected chi connectivity index (χ1v) is 4.67. The van der Waals surface area contributed by atoms with Crippen LogP contribution in [0.1, 0.15) is 17.5 Å². The molecule has 0 spiro atoms. The number of hydrogen-bond donors (Lipinski definition) is 1. The SMILES string of the molecule is NC(=O)C[CH]c1ccc(C(F)(F)F)cc1Cl. The predicted molar refractivity (Wildman–Crippen MR) is 53.7 cm³/mol. The highest BCUT2D eigenvalue weighted by Crippen LogP contribution is 2.32. The summed E-state index contributed by atoms with van der Waals surface area (Å²) in [6, 6.07) is 2.92. The Hall–Kier alpha value is -1.23. The molecule has 1 aromatic carbocycles. The van der Waals surface area contributed by atoms with Gasteiger partial charge in [0.25, 0.3) is 0 Å². The fourth-order valence-corrected chi connectivity index (χ4v) is 1.34. The zero-order valence-electron chi connectivity index (χ0n) is 8.01. The lowest BCUT2D eigenvalue weighted by Crippen LogP contribution is -2.10.